The van der Waals surface area contributed by atoms with Crippen molar-refractivity contribution in [3.05, 3.63) is 24.5 Å². The first-order chi connectivity index (χ1) is 5.41. The van der Waals surface area contributed by atoms with E-state index in [-0.39, 0.29) is 5.09 Å². The van der Waals surface area contributed by atoms with Gasteiger partial charge in [-0.25, -0.2) is 13.6 Å². The fraction of sp³-hybridized carbons (Fsp3) is 0.143. The normalized spacial score (nSPS) is 11.5. The zero-order valence-corrected chi connectivity index (χ0v) is 7.39. The number of rotatable bonds is 2. The molecule has 0 aromatic carbocycles. The lowest BCUT2D eigenvalue weighted by Crippen LogP contribution is -2.10. The van der Waals surface area contributed by atoms with Crippen LogP contribution < -0.4 is 5.14 Å². The molecule has 0 aliphatic rings. The van der Waals surface area contributed by atoms with Crippen LogP contribution in [0.1, 0.15) is 12.5 Å². The minimum atomic E-state index is -3.72. The van der Waals surface area contributed by atoms with Gasteiger partial charge in [-0.05, 0) is 12.5 Å². The van der Waals surface area contributed by atoms with Gasteiger partial charge in [-0.15, -0.1) is 0 Å². The number of hydrogen-bond donors (Lipinski definition) is 1. The van der Waals surface area contributed by atoms with E-state index in [2.05, 4.69) is 6.58 Å². The Bertz CT molecular complexity index is 402. The molecule has 1 aromatic rings. The average molecular weight is 187 g/mol. The summed E-state index contributed by atoms with van der Waals surface area (Å²) in [5.41, 5.74) is 1.37. The van der Waals surface area contributed by atoms with Crippen LogP contribution in [0.15, 0.2) is 28.4 Å². The second-order valence-corrected chi connectivity index (χ2v) is 3.97. The van der Waals surface area contributed by atoms with Crippen LogP contribution in [0, 0.1) is 0 Å². The van der Waals surface area contributed by atoms with E-state index in [1.807, 2.05) is 0 Å². The van der Waals surface area contributed by atoms with Crippen molar-refractivity contribution < 1.29 is 12.8 Å². The van der Waals surface area contributed by atoms with E-state index in [9.17, 15) is 8.42 Å². The molecule has 0 amide bonds. The van der Waals surface area contributed by atoms with Crippen LogP contribution >= 0.6 is 0 Å². The summed E-state index contributed by atoms with van der Waals surface area (Å²) in [6, 6.07) is 1.34. The summed E-state index contributed by atoms with van der Waals surface area (Å²) in [5.74, 6) is 0. The molecule has 66 valence electrons. The van der Waals surface area contributed by atoms with Crippen molar-refractivity contribution >= 4 is 15.6 Å². The van der Waals surface area contributed by atoms with Gasteiger partial charge in [0.25, 0.3) is 10.0 Å². The molecule has 2 N–H and O–H groups in total. The van der Waals surface area contributed by atoms with E-state index in [0.29, 0.717) is 5.56 Å². The monoisotopic (exact) mass is 187 g/mol. The molecule has 5 heteroatoms. The second kappa shape index (κ2) is 2.76. The highest BCUT2D eigenvalue weighted by molar-refractivity contribution is 7.89. The zero-order valence-electron chi connectivity index (χ0n) is 6.57. The number of nitrogens with two attached hydrogens (primary N) is 1. The van der Waals surface area contributed by atoms with Gasteiger partial charge in [-0.2, -0.15) is 0 Å². The van der Waals surface area contributed by atoms with Crippen LogP contribution in [0.2, 0.25) is 0 Å². The molecular weight excluding hydrogens is 178 g/mol. The van der Waals surface area contributed by atoms with Crippen LogP contribution in [0.4, 0.5) is 0 Å². The summed E-state index contributed by atoms with van der Waals surface area (Å²) in [5, 5.41) is 4.58. The van der Waals surface area contributed by atoms with Crippen molar-refractivity contribution in [1.29, 1.82) is 0 Å². The lowest BCUT2D eigenvalue weighted by Gasteiger charge is -1.88. The maximum atomic E-state index is 10.7. The summed E-state index contributed by atoms with van der Waals surface area (Å²) < 4.78 is 26.2. The van der Waals surface area contributed by atoms with Crippen LogP contribution in [0.5, 0.6) is 0 Å². The fourth-order valence-corrected chi connectivity index (χ4v) is 1.16. The quantitative estimate of drug-likeness (QED) is 0.749. The van der Waals surface area contributed by atoms with Crippen LogP contribution in [0.3, 0.4) is 0 Å². The highest BCUT2D eigenvalue weighted by atomic mass is 32.2. The molecule has 0 unspecified atom stereocenters. The van der Waals surface area contributed by atoms with Crippen LogP contribution in [0.25, 0.3) is 5.57 Å². The Morgan fingerprint density at radius 2 is 2.25 bits per heavy atom. The van der Waals surface area contributed by atoms with E-state index in [0.717, 1.165) is 5.57 Å². The lowest BCUT2D eigenvalue weighted by molar-refractivity contribution is 0.450. The molecule has 1 heterocycles. The Morgan fingerprint density at radius 1 is 1.67 bits per heavy atom. The van der Waals surface area contributed by atoms with Crippen molar-refractivity contribution in [1.82, 2.24) is 0 Å². The van der Waals surface area contributed by atoms with Gasteiger partial charge in [0.15, 0.2) is 0 Å². The highest BCUT2D eigenvalue weighted by Crippen LogP contribution is 2.17. The molecule has 0 saturated carbocycles. The summed E-state index contributed by atoms with van der Waals surface area (Å²) in [7, 11) is -3.72. The Kier molecular flexibility index (Phi) is 2.08. The topological polar surface area (TPSA) is 73.3 Å². The third-order valence-corrected chi connectivity index (χ3v) is 2.12. The van der Waals surface area contributed by atoms with E-state index in [1.165, 1.54) is 12.3 Å². The predicted molar refractivity (Wildman–Crippen MR) is 44.8 cm³/mol. The first-order valence-electron chi connectivity index (χ1n) is 3.18. The SMILES string of the molecule is C=C(C)c1coc(S(N)(=O)=O)c1. The van der Waals surface area contributed by atoms with Gasteiger partial charge in [0.1, 0.15) is 0 Å². The average Bonchev–Trinajstić information content (AvgIpc) is 2.30. The van der Waals surface area contributed by atoms with Crippen molar-refractivity contribution in [2.45, 2.75) is 12.0 Å². The van der Waals surface area contributed by atoms with E-state index >= 15 is 0 Å². The third-order valence-electron chi connectivity index (χ3n) is 1.35. The Morgan fingerprint density at radius 3 is 2.50 bits per heavy atom. The number of allylic oxidation sites excluding steroid dienone is 1. The van der Waals surface area contributed by atoms with Gasteiger partial charge in [-0.1, -0.05) is 6.58 Å². The first-order valence-corrected chi connectivity index (χ1v) is 4.73. The molecule has 0 aliphatic heterocycles. The molecule has 0 fully saturated rings. The molecule has 1 rings (SSSR count). The number of hydrogen-bond acceptors (Lipinski definition) is 3. The maximum Gasteiger partial charge on any atom is 0.271 e. The highest BCUT2D eigenvalue weighted by Gasteiger charge is 2.12. The van der Waals surface area contributed by atoms with Crippen LogP contribution in [-0.4, -0.2) is 8.42 Å². The number of primary sulfonamides is 1. The second-order valence-electron chi connectivity index (χ2n) is 2.48. The van der Waals surface area contributed by atoms with Crippen molar-refractivity contribution in [2.75, 3.05) is 0 Å². The molecule has 0 aliphatic carbocycles. The number of sulfonamides is 1. The molecule has 1 aromatic heterocycles. The summed E-state index contributed by atoms with van der Waals surface area (Å²) in [4.78, 5) is 0. The zero-order chi connectivity index (χ0) is 9.35. The van der Waals surface area contributed by atoms with E-state index in [1.54, 1.807) is 6.92 Å². The largest absolute Gasteiger partial charge is 0.451 e. The molecule has 0 spiro atoms. The van der Waals surface area contributed by atoms with E-state index < -0.39 is 10.0 Å². The predicted octanol–water partition coefficient (Wildman–Crippen LogP) is 0.960. The minimum absolute atomic E-state index is 0.236. The number of furan rings is 1. The molecule has 0 radical (unpaired) electrons. The summed E-state index contributed by atoms with van der Waals surface area (Å²) in [6.07, 6.45) is 1.31. The smallest absolute Gasteiger partial charge is 0.271 e. The Hall–Kier alpha value is -1.07. The standard InChI is InChI=1S/C7H9NO3S/c1-5(2)6-3-7(11-4-6)12(8,9)10/h3-4H,1H2,2H3,(H2,8,9,10). The van der Waals surface area contributed by atoms with Gasteiger partial charge in [0.2, 0.25) is 5.09 Å². The van der Waals surface area contributed by atoms with Crippen LogP contribution in [-0.2, 0) is 10.0 Å². The minimum Gasteiger partial charge on any atom is -0.451 e. The summed E-state index contributed by atoms with van der Waals surface area (Å²) in [6.45, 7) is 5.37. The van der Waals surface area contributed by atoms with Crippen molar-refractivity contribution in [2.24, 2.45) is 5.14 Å². The molecular formula is C7H9NO3S. The van der Waals surface area contributed by atoms with Gasteiger partial charge in [-0.3, -0.25) is 0 Å². The first kappa shape index (κ1) is 9.02. The fourth-order valence-electron chi connectivity index (χ4n) is 0.690. The Labute approximate surface area is 70.7 Å². The maximum absolute atomic E-state index is 10.7. The van der Waals surface area contributed by atoms with Gasteiger partial charge >= 0.3 is 0 Å². The summed E-state index contributed by atoms with van der Waals surface area (Å²) >= 11 is 0. The Balaban J connectivity index is 3.17. The van der Waals surface area contributed by atoms with Gasteiger partial charge in [0, 0.05) is 11.6 Å². The lowest BCUT2D eigenvalue weighted by atomic mass is 10.2. The van der Waals surface area contributed by atoms with Crippen molar-refractivity contribution in [3.63, 3.8) is 0 Å². The molecule has 12 heavy (non-hydrogen) atoms. The van der Waals surface area contributed by atoms with E-state index in [4.69, 9.17) is 9.56 Å². The molecule has 0 bridgehead atoms. The molecule has 0 atom stereocenters. The molecule has 0 saturated heterocycles. The van der Waals surface area contributed by atoms with Gasteiger partial charge in [0.05, 0.1) is 6.26 Å². The third kappa shape index (κ3) is 1.75. The van der Waals surface area contributed by atoms with Crippen molar-refractivity contribution in [3.8, 4) is 0 Å². The molecule has 4 nitrogen and oxygen atoms in total. The van der Waals surface area contributed by atoms with Gasteiger partial charge < -0.3 is 4.42 Å².